The number of nitrogens with zero attached hydrogens (tertiary/aromatic N) is 4. The summed E-state index contributed by atoms with van der Waals surface area (Å²) in [6.07, 6.45) is -5.22. The molecule has 0 saturated carbocycles. The molecule has 1 aromatic carbocycles. The number of benzene rings is 1. The zero-order chi connectivity index (χ0) is 28.2. The number of carboxylic acids is 2. The van der Waals surface area contributed by atoms with E-state index in [1.165, 1.54) is 0 Å². The topological polar surface area (TPSA) is 222 Å². The quantitative estimate of drug-likeness (QED) is 0.252. The summed E-state index contributed by atoms with van der Waals surface area (Å²) >= 11 is 0. The highest BCUT2D eigenvalue weighted by Gasteiger charge is 2.43. The molecular weight excluding hydrogens is 519 g/mol. The number of nitrogen functional groups attached to an aromatic ring is 1. The van der Waals surface area contributed by atoms with Crippen molar-refractivity contribution in [1.82, 2.24) is 25.3 Å². The number of nitrogens with two attached hydrogens (primary N) is 1. The standard InChI is InChI=1S/C21H18F3N7O7/c22-21(23,24)19(38)31(8-10-7-26-15-14(27-10)17(35)30-20(25)29-15)11-3-1-9(2-4-11)16(34)28-12(18(36)37)5-6-13(32)33/h1-4,7,12H,5-6,8H2,(H,28,34)(H,32,33)(H,36,37)(H3,25,26,29,30,35)/t12-/m0/s1. The van der Waals surface area contributed by atoms with Crippen LogP contribution in [-0.4, -0.2) is 66.1 Å². The second-order valence-corrected chi connectivity index (χ2v) is 7.72. The predicted octanol–water partition coefficient (Wildman–Crippen LogP) is 0.439. The Hall–Kier alpha value is -5.09. The number of alkyl halides is 3. The molecule has 0 aliphatic rings. The minimum Gasteiger partial charge on any atom is -0.481 e. The van der Waals surface area contributed by atoms with Crippen LogP contribution in [0.25, 0.3) is 11.2 Å². The third-order valence-electron chi connectivity index (χ3n) is 4.99. The average molecular weight is 537 g/mol. The lowest BCUT2D eigenvalue weighted by molar-refractivity contribution is -0.170. The van der Waals surface area contributed by atoms with Crippen LogP contribution in [0.15, 0.2) is 35.3 Å². The molecule has 17 heteroatoms. The van der Waals surface area contributed by atoms with Gasteiger partial charge in [0.15, 0.2) is 11.2 Å². The van der Waals surface area contributed by atoms with Crippen molar-refractivity contribution in [3.8, 4) is 0 Å². The van der Waals surface area contributed by atoms with Crippen molar-refractivity contribution < 1.29 is 42.6 Å². The van der Waals surface area contributed by atoms with Gasteiger partial charge < -0.3 is 21.3 Å². The number of carbonyl (C=O) groups excluding carboxylic acids is 2. The van der Waals surface area contributed by atoms with Gasteiger partial charge in [-0.1, -0.05) is 0 Å². The van der Waals surface area contributed by atoms with Gasteiger partial charge in [-0.05, 0) is 30.7 Å². The summed E-state index contributed by atoms with van der Waals surface area (Å²) in [5.74, 6) is -6.22. The maximum absolute atomic E-state index is 13.3. The Morgan fingerprint density at radius 3 is 2.34 bits per heavy atom. The number of amides is 2. The highest BCUT2D eigenvalue weighted by molar-refractivity contribution is 5.99. The smallest absolute Gasteiger partial charge is 0.471 e. The molecule has 3 rings (SSSR count). The van der Waals surface area contributed by atoms with Gasteiger partial charge in [-0.3, -0.25) is 29.1 Å². The average Bonchev–Trinajstić information content (AvgIpc) is 2.84. The van der Waals surface area contributed by atoms with E-state index in [1.54, 1.807) is 0 Å². The SMILES string of the molecule is Nc1nc2ncc(CN(C(=O)C(F)(F)F)c3ccc(C(=O)N[C@@H](CCC(=O)O)C(=O)O)cc3)nc2c(=O)[nH]1. The van der Waals surface area contributed by atoms with E-state index in [4.69, 9.17) is 10.8 Å². The monoisotopic (exact) mass is 537 g/mol. The van der Waals surface area contributed by atoms with Crippen LogP contribution in [-0.2, 0) is 20.9 Å². The van der Waals surface area contributed by atoms with Gasteiger partial charge in [0.1, 0.15) is 6.04 Å². The Bertz CT molecular complexity index is 1460. The van der Waals surface area contributed by atoms with Crippen molar-refractivity contribution in [2.45, 2.75) is 31.6 Å². The second-order valence-electron chi connectivity index (χ2n) is 7.72. The molecule has 0 spiro atoms. The summed E-state index contributed by atoms with van der Waals surface area (Å²) in [7, 11) is 0. The minimum atomic E-state index is -5.30. The summed E-state index contributed by atoms with van der Waals surface area (Å²) in [5, 5.41) is 20.0. The number of aromatic amines is 1. The molecule has 2 aromatic heterocycles. The Morgan fingerprint density at radius 1 is 1.11 bits per heavy atom. The lowest BCUT2D eigenvalue weighted by atomic mass is 10.1. The number of H-pyrrole nitrogens is 1. The lowest BCUT2D eigenvalue weighted by Gasteiger charge is -2.24. The minimum absolute atomic E-state index is 0.165. The van der Waals surface area contributed by atoms with Crippen LogP contribution >= 0.6 is 0 Å². The third-order valence-corrected chi connectivity index (χ3v) is 4.99. The molecule has 2 amide bonds. The number of aliphatic carboxylic acids is 2. The van der Waals surface area contributed by atoms with Crippen LogP contribution < -0.4 is 21.5 Å². The highest BCUT2D eigenvalue weighted by atomic mass is 19.4. The van der Waals surface area contributed by atoms with Gasteiger partial charge in [-0.15, -0.1) is 0 Å². The van der Waals surface area contributed by atoms with E-state index in [1.807, 2.05) is 0 Å². The number of nitrogens with one attached hydrogen (secondary N) is 2. The number of fused-ring (bicyclic) bond motifs is 1. The molecule has 0 radical (unpaired) electrons. The van der Waals surface area contributed by atoms with Gasteiger partial charge >= 0.3 is 24.0 Å². The molecule has 0 aliphatic heterocycles. The first-order chi connectivity index (χ1) is 17.8. The number of carbonyl (C=O) groups is 4. The fraction of sp³-hybridized carbons (Fsp3) is 0.238. The van der Waals surface area contributed by atoms with E-state index in [-0.39, 0.29) is 34.1 Å². The first-order valence-corrected chi connectivity index (χ1v) is 10.5. The largest absolute Gasteiger partial charge is 0.481 e. The zero-order valence-corrected chi connectivity index (χ0v) is 19.0. The summed E-state index contributed by atoms with van der Waals surface area (Å²) in [5.41, 5.74) is 3.46. The summed E-state index contributed by atoms with van der Waals surface area (Å²) in [6.45, 7) is -0.771. The van der Waals surface area contributed by atoms with E-state index in [0.29, 0.717) is 4.90 Å². The Labute approximate surface area is 209 Å². The summed E-state index contributed by atoms with van der Waals surface area (Å²) < 4.78 is 40.0. The molecule has 0 unspecified atom stereocenters. The van der Waals surface area contributed by atoms with E-state index in [2.05, 4.69) is 25.3 Å². The third kappa shape index (κ3) is 6.56. The molecular formula is C21H18F3N7O7. The number of aromatic nitrogens is 4. The molecule has 0 bridgehead atoms. The van der Waals surface area contributed by atoms with Crippen molar-refractivity contribution in [1.29, 1.82) is 0 Å². The number of hydrogen-bond donors (Lipinski definition) is 5. The molecule has 14 nitrogen and oxygen atoms in total. The molecule has 6 N–H and O–H groups in total. The van der Waals surface area contributed by atoms with Gasteiger partial charge in [0.05, 0.1) is 18.4 Å². The maximum Gasteiger partial charge on any atom is 0.471 e. The number of halogens is 3. The number of hydrogen-bond acceptors (Lipinski definition) is 9. The van der Waals surface area contributed by atoms with Crippen LogP contribution in [0.3, 0.4) is 0 Å². The number of anilines is 2. The number of rotatable bonds is 9. The van der Waals surface area contributed by atoms with Crippen molar-refractivity contribution in [3.05, 3.63) is 52.1 Å². The van der Waals surface area contributed by atoms with Crippen molar-refractivity contribution >= 4 is 46.6 Å². The fourth-order valence-corrected chi connectivity index (χ4v) is 3.20. The predicted molar refractivity (Wildman–Crippen MR) is 122 cm³/mol. The van der Waals surface area contributed by atoms with Gasteiger partial charge in [0, 0.05) is 17.7 Å². The maximum atomic E-state index is 13.3. The Balaban J connectivity index is 1.88. The molecule has 0 aliphatic carbocycles. The van der Waals surface area contributed by atoms with Crippen LogP contribution in [0, 0.1) is 0 Å². The second kappa shape index (κ2) is 10.9. The van der Waals surface area contributed by atoms with E-state index in [9.17, 15) is 42.3 Å². The summed E-state index contributed by atoms with van der Waals surface area (Å²) in [4.78, 5) is 72.6. The highest BCUT2D eigenvalue weighted by Crippen LogP contribution is 2.26. The van der Waals surface area contributed by atoms with Crippen molar-refractivity contribution in [2.75, 3.05) is 10.6 Å². The van der Waals surface area contributed by atoms with Gasteiger partial charge in [-0.25, -0.2) is 14.8 Å². The van der Waals surface area contributed by atoms with E-state index < -0.39 is 60.9 Å². The lowest BCUT2D eigenvalue weighted by Crippen LogP contribution is -2.41. The van der Waals surface area contributed by atoms with Crippen LogP contribution in [0.4, 0.5) is 24.8 Å². The molecule has 2 heterocycles. The van der Waals surface area contributed by atoms with E-state index >= 15 is 0 Å². The van der Waals surface area contributed by atoms with Gasteiger partial charge in [0.25, 0.3) is 11.5 Å². The molecule has 200 valence electrons. The van der Waals surface area contributed by atoms with Crippen molar-refractivity contribution in [3.63, 3.8) is 0 Å². The van der Waals surface area contributed by atoms with Crippen LogP contribution in [0.1, 0.15) is 28.9 Å². The van der Waals surface area contributed by atoms with Crippen LogP contribution in [0.5, 0.6) is 0 Å². The Morgan fingerprint density at radius 2 is 1.76 bits per heavy atom. The first-order valence-electron chi connectivity index (χ1n) is 10.5. The number of carboxylic acid groups (broad SMARTS) is 2. The normalized spacial score (nSPS) is 12.1. The first kappa shape index (κ1) is 27.5. The molecule has 3 aromatic rings. The summed E-state index contributed by atoms with van der Waals surface area (Å²) in [6, 6.07) is 2.58. The van der Waals surface area contributed by atoms with Gasteiger partial charge in [-0.2, -0.15) is 18.2 Å². The fourth-order valence-electron chi connectivity index (χ4n) is 3.20. The molecule has 0 fully saturated rings. The van der Waals surface area contributed by atoms with Gasteiger partial charge in [0.2, 0.25) is 5.95 Å². The van der Waals surface area contributed by atoms with Crippen molar-refractivity contribution in [2.24, 2.45) is 0 Å². The molecule has 0 saturated heterocycles. The van der Waals surface area contributed by atoms with E-state index in [0.717, 1.165) is 30.5 Å². The molecule has 1 atom stereocenters. The molecule has 38 heavy (non-hydrogen) atoms. The Kier molecular flexibility index (Phi) is 7.88. The zero-order valence-electron chi connectivity index (χ0n) is 19.0. The van der Waals surface area contributed by atoms with Crippen LogP contribution in [0.2, 0.25) is 0 Å².